The number of benzene rings is 2. The summed E-state index contributed by atoms with van der Waals surface area (Å²) < 4.78 is 27.0. The number of carbonyl (C=O) groups is 1. The van der Waals surface area contributed by atoms with Crippen LogP contribution in [0.25, 0.3) is 0 Å². The zero-order valence-electron chi connectivity index (χ0n) is 17.4. The maximum atomic E-state index is 12.8. The molecule has 1 atom stereocenters. The van der Waals surface area contributed by atoms with E-state index in [0.29, 0.717) is 24.6 Å². The van der Waals surface area contributed by atoms with E-state index >= 15 is 0 Å². The van der Waals surface area contributed by atoms with Crippen molar-refractivity contribution < 1.29 is 13.2 Å². The van der Waals surface area contributed by atoms with Crippen molar-refractivity contribution in [2.75, 3.05) is 13.1 Å². The molecule has 156 valence electrons. The first-order valence-corrected chi connectivity index (χ1v) is 11.7. The van der Waals surface area contributed by atoms with E-state index in [-0.39, 0.29) is 16.8 Å². The summed E-state index contributed by atoms with van der Waals surface area (Å²) in [5.74, 6) is 0.323. The second kappa shape index (κ2) is 9.09. The molecule has 0 aromatic heterocycles. The van der Waals surface area contributed by atoms with Crippen molar-refractivity contribution in [3.63, 3.8) is 0 Å². The Labute approximate surface area is 174 Å². The van der Waals surface area contributed by atoms with Gasteiger partial charge in [0.25, 0.3) is 5.91 Å². The molecule has 1 aliphatic heterocycles. The number of amides is 1. The van der Waals surface area contributed by atoms with E-state index < -0.39 is 10.0 Å². The Kier molecular flexibility index (Phi) is 6.75. The molecule has 0 bridgehead atoms. The number of nitrogens with zero attached hydrogens (tertiary/aromatic N) is 1. The summed E-state index contributed by atoms with van der Waals surface area (Å²) in [7, 11) is -3.54. The molecule has 1 fully saturated rings. The SMILES string of the molecule is CC(C)Cc1ccc([C@@H](C)NC(=O)c2cccc(S(=O)(=O)N3CCCC3)c2)cc1. The molecular formula is C23H30N2O3S. The van der Waals surface area contributed by atoms with Crippen LogP contribution < -0.4 is 5.32 Å². The van der Waals surface area contributed by atoms with E-state index in [0.717, 1.165) is 24.8 Å². The molecule has 1 saturated heterocycles. The molecule has 29 heavy (non-hydrogen) atoms. The summed E-state index contributed by atoms with van der Waals surface area (Å²) in [4.78, 5) is 12.9. The van der Waals surface area contributed by atoms with E-state index in [4.69, 9.17) is 0 Å². The molecule has 1 heterocycles. The zero-order chi connectivity index (χ0) is 21.0. The Hall–Kier alpha value is -2.18. The van der Waals surface area contributed by atoms with Gasteiger partial charge in [0.1, 0.15) is 0 Å². The summed E-state index contributed by atoms with van der Waals surface area (Å²) in [6, 6.07) is 14.4. The van der Waals surface area contributed by atoms with Gasteiger partial charge in [-0.15, -0.1) is 0 Å². The van der Waals surface area contributed by atoms with Crippen LogP contribution in [0.1, 0.15) is 61.1 Å². The summed E-state index contributed by atoms with van der Waals surface area (Å²) in [5, 5.41) is 2.97. The predicted octanol–water partition coefficient (Wildman–Crippen LogP) is 4.16. The molecule has 0 saturated carbocycles. The van der Waals surface area contributed by atoms with Crippen LogP contribution in [0.4, 0.5) is 0 Å². The van der Waals surface area contributed by atoms with E-state index in [1.807, 2.05) is 19.1 Å². The Morgan fingerprint density at radius 1 is 1.03 bits per heavy atom. The van der Waals surface area contributed by atoms with Crippen LogP contribution in [-0.2, 0) is 16.4 Å². The fourth-order valence-electron chi connectivity index (χ4n) is 3.65. The lowest BCUT2D eigenvalue weighted by molar-refractivity contribution is 0.0939. The Morgan fingerprint density at radius 2 is 1.69 bits per heavy atom. The molecule has 1 amide bonds. The highest BCUT2D eigenvalue weighted by Gasteiger charge is 2.27. The van der Waals surface area contributed by atoms with Gasteiger partial charge in [0.15, 0.2) is 0 Å². The standard InChI is InChI=1S/C23H30N2O3S/c1-17(2)15-19-9-11-20(12-10-19)18(3)24-23(26)21-7-6-8-22(16-21)29(27,28)25-13-4-5-14-25/h6-12,16-18H,4-5,13-15H2,1-3H3,(H,24,26)/t18-/m1/s1. The van der Waals surface area contributed by atoms with E-state index in [1.165, 1.54) is 15.9 Å². The summed E-state index contributed by atoms with van der Waals surface area (Å²) >= 11 is 0. The second-order valence-electron chi connectivity index (χ2n) is 8.17. The molecule has 0 radical (unpaired) electrons. The molecule has 6 heteroatoms. The van der Waals surface area contributed by atoms with Gasteiger partial charge < -0.3 is 5.32 Å². The maximum Gasteiger partial charge on any atom is 0.251 e. The normalized spacial score (nSPS) is 16.1. The van der Waals surface area contributed by atoms with Crippen molar-refractivity contribution in [1.29, 1.82) is 0 Å². The highest BCUT2D eigenvalue weighted by atomic mass is 32.2. The average molecular weight is 415 g/mol. The molecule has 2 aromatic rings. The molecular weight excluding hydrogens is 384 g/mol. The molecule has 0 unspecified atom stereocenters. The fourth-order valence-corrected chi connectivity index (χ4v) is 5.22. The number of hydrogen-bond acceptors (Lipinski definition) is 3. The third-order valence-electron chi connectivity index (χ3n) is 5.27. The third-order valence-corrected chi connectivity index (χ3v) is 7.16. The van der Waals surface area contributed by atoms with Crippen molar-refractivity contribution in [2.45, 2.75) is 51.0 Å². The number of rotatable bonds is 7. The largest absolute Gasteiger partial charge is 0.346 e. The maximum absolute atomic E-state index is 12.8. The number of carbonyl (C=O) groups excluding carboxylic acids is 1. The quantitative estimate of drug-likeness (QED) is 0.740. The van der Waals surface area contributed by atoms with Crippen LogP contribution in [0, 0.1) is 5.92 Å². The molecule has 0 aliphatic carbocycles. The van der Waals surface area contributed by atoms with Crippen molar-refractivity contribution in [3.8, 4) is 0 Å². The lowest BCUT2D eigenvalue weighted by Gasteiger charge is -2.17. The van der Waals surface area contributed by atoms with Crippen LogP contribution in [0.5, 0.6) is 0 Å². The predicted molar refractivity (Wildman–Crippen MR) is 115 cm³/mol. The minimum Gasteiger partial charge on any atom is -0.346 e. The smallest absolute Gasteiger partial charge is 0.251 e. The molecule has 2 aromatic carbocycles. The monoisotopic (exact) mass is 414 g/mol. The van der Waals surface area contributed by atoms with Crippen LogP contribution in [-0.4, -0.2) is 31.7 Å². The van der Waals surface area contributed by atoms with Gasteiger partial charge >= 0.3 is 0 Å². The van der Waals surface area contributed by atoms with Crippen LogP contribution in [0.15, 0.2) is 53.4 Å². The minimum atomic E-state index is -3.54. The number of hydrogen-bond donors (Lipinski definition) is 1. The first-order chi connectivity index (χ1) is 13.8. The van der Waals surface area contributed by atoms with Gasteiger partial charge in [-0.05, 0) is 61.4 Å². The van der Waals surface area contributed by atoms with Gasteiger partial charge in [-0.25, -0.2) is 8.42 Å². The number of sulfonamides is 1. The first-order valence-electron chi connectivity index (χ1n) is 10.3. The Bertz CT molecular complexity index is 946. The van der Waals surface area contributed by atoms with Gasteiger partial charge in [-0.1, -0.05) is 44.2 Å². The third kappa shape index (κ3) is 5.25. The molecule has 3 rings (SSSR count). The fraction of sp³-hybridized carbons (Fsp3) is 0.435. The molecule has 0 spiro atoms. The van der Waals surface area contributed by atoms with Gasteiger partial charge in [-0.3, -0.25) is 4.79 Å². The summed E-state index contributed by atoms with van der Waals surface area (Å²) in [5.41, 5.74) is 2.65. The van der Waals surface area contributed by atoms with Gasteiger partial charge in [0.2, 0.25) is 10.0 Å². The Balaban J connectivity index is 1.70. The van der Waals surface area contributed by atoms with Crippen LogP contribution in [0.2, 0.25) is 0 Å². The van der Waals surface area contributed by atoms with Crippen LogP contribution in [0.3, 0.4) is 0 Å². The van der Waals surface area contributed by atoms with Gasteiger partial charge in [0, 0.05) is 18.7 Å². The topological polar surface area (TPSA) is 66.5 Å². The van der Waals surface area contributed by atoms with E-state index in [2.05, 4.69) is 31.3 Å². The summed E-state index contributed by atoms with van der Waals surface area (Å²) in [6.07, 6.45) is 2.79. The van der Waals surface area contributed by atoms with Gasteiger partial charge in [0.05, 0.1) is 10.9 Å². The number of nitrogens with one attached hydrogen (secondary N) is 1. The molecule has 1 N–H and O–H groups in total. The lowest BCUT2D eigenvalue weighted by Crippen LogP contribution is -2.29. The highest BCUT2D eigenvalue weighted by molar-refractivity contribution is 7.89. The lowest BCUT2D eigenvalue weighted by atomic mass is 10.00. The van der Waals surface area contributed by atoms with Crippen LogP contribution >= 0.6 is 0 Å². The minimum absolute atomic E-state index is 0.172. The van der Waals surface area contributed by atoms with Crippen molar-refractivity contribution >= 4 is 15.9 Å². The van der Waals surface area contributed by atoms with Crippen molar-refractivity contribution in [3.05, 3.63) is 65.2 Å². The second-order valence-corrected chi connectivity index (χ2v) is 10.1. The zero-order valence-corrected chi connectivity index (χ0v) is 18.2. The summed E-state index contributed by atoms with van der Waals surface area (Å²) in [6.45, 7) is 7.40. The molecule has 5 nitrogen and oxygen atoms in total. The van der Waals surface area contributed by atoms with Gasteiger partial charge in [-0.2, -0.15) is 4.31 Å². The average Bonchev–Trinajstić information content (AvgIpc) is 3.24. The first kappa shape index (κ1) is 21.5. The highest BCUT2D eigenvalue weighted by Crippen LogP contribution is 2.22. The molecule has 1 aliphatic rings. The Morgan fingerprint density at radius 3 is 2.31 bits per heavy atom. The van der Waals surface area contributed by atoms with Crippen molar-refractivity contribution in [1.82, 2.24) is 9.62 Å². The van der Waals surface area contributed by atoms with E-state index in [1.54, 1.807) is 18.2 Å². The van der Waals surface area contributed by atoms with Crippen molar-refractivity contribution in [2.24, 2.45) is 5.92 Å². The van der Waals surface area contributed by atoms with E-state index in [9.17, 15) is 13.2 Å².